The Labute approximate surface area is 161 Å². The summed E-state index contributed by atoms with van der Waals surface area (Å²) in [4.78, 5) is 4.29. The van der Waals surface area contributed by atoms with Crippen LogP contribution in [0.15, 0.2) is 35.6 Å². The lowest BCUT2D eigenvalue weighted by molar-refractivity contribution is 0.145. The zero-order valence-electron chi connectivity index (χ0n) is 16.8. The minimum Gasteiger partial charge on any atom is -0.491 e. The average Bonchev–Trinajstić information content (AvgIpc) is 3.08. The van der Waals surface area contributed by atoms with Gasteiger partial charge in [-0.25, -0.2) is 0 Å². The lowest BCUT2D eigenvalue weighted by atomic mass is 10.1. The van der Waals surface area contributed by atoms with Gasteiger partial charge in [0, 0.05) is 46.1 Å². The highest BCUT2D eigenvalue weighted by atomic mass is 16.5. The van der Waals surface area contributed by atoms with E-state index in [0.29, 0.717) is 19.8 Å². The van der Waals surface area contributed by atoms with Gasteiger partial charge in [-0.3, -0.25) is 9.67 Å². The van der Waals surface area contributed by atoms with Gasteiger partial charge in [0.25, 0.3) is 0 Å². The van der Waals surface area contributed by atoms with E-state index in [1.165, 1.54) is 11.1 Å². The molecule has 7 heteroatoms. The highest BCUT2D eigenvalue weighted by Gasteiger charge is 2.06. The SMILES string of the molecule is CN=C(NCCCc1cnn(C)c1)NCc1ccc(C)cc1OCCOC. The number of rotatable bonds is 10. The van der Waals surface area contributed by atoms with Gasteiger partial charge in [-0.05, 0) is 37.0 Å². The maximum absolute atomic E-state index is 5.84. The van der Waals surface area contributed by atoms with Crippen LogP contribution in [0.4, 0.5) is 0 Å². The average molecular weight is 374 g/mol. The Hall–Kier alpha value is -2.54. The number of methoxy groups -OCH3 is 1. The van der Waals surface area contributed by atoms with E-state index in [1.807, 2.05) is 17.9 Å². The van der Waals surface area contributed by atoms with Gasteiger partial charge in [-0.1, -0.05) is 12.1 Å². The number of aliphatic imine (C=N–C) groups is 1. The van der Waals surface area contributed by atoms with Crippen molar-refractivity contribution in [3.05, 3.63) is 47.3 Å². The molecule has 7 nitrogen and oxygen atoms in total. The van der Waals surface area contributed by atoms with Gasteiger partial charge in [0.2, 0.25) is 0 Å². The Morgan fingerprint density at radius 3 is 2.81 bits per heavy atom. The molecule has 2 N–H and O–H groups in total. The molecule has 148 valence electrons. The molecule has 0 aliphatic heterocycles. The van der Waals surface area contributed by atoms with Crippen LogP contribution in [-0.2, 0) is 24.8 Å². The van der Waals surface area contributed by atoms with Crippen LogP contribution < -0.4 is 15.4 Å². The molecule has 0 amide bonds. The Morgan fingerprint density at radius 1 is 1.26 bits per heavy atom. The third kappa shape index (κ3) is 7.30. The second-order valence-electron chi connectivity index (χ2n) is 6.43. The van der Waals surface area contributed by atoms with Crippen LogP contribution in [0, 0.1) is 6.92 Å². The number of hydrogen-bond acceptors (Lipinski definition) is 4. The number of nitrogens with zero attached hydrogens (tertiary/aromatic N) is 3. The molecule has 0 saturated carbocycles. The first kappa shape index (κ1) is 20.8. The molecule has 0 spiro atoms. The Bertz CT molecular complexity index is 727. The Kier molecular flexibility index (Phi) is 8.64. The maximum atomic E-state index is 5.84. The second kappa shape index (κ2) is 11.2. The molecule has 1 aromatic carbocycles. The molecule has 1 heterocycles. The van der Waals surface area contributed by atoms with Crippen LogP contribution in [0.2, 0.25) is 0 Å². The molecule has 0 unspecified atom stereocenters. The van der Waals surface area contributed by atoms with Crippen LogP contribution >= 0.6 is 0 Å². The molecule has 2 rings (SSSR count). The van der Waals surface area contributed by atoms with Crippen molar-refractivity contribution in [1.29, 1.82) is 0 Å². The molecule has 27 heavy (non-hydrogen) atoms. The van der Waals surface area contributed by atoms with Gasteiger partial charge in [-0.15, -0.1) is 0 Å². The van der Waals surface area contributed by atoms with Crippen molar-refractivity contribution < 1.29 is 9.47 Å². The van der Waals surface area contributed by atoms with E-state index in [9.17, 15) is 0 Å². The lowest BCUT2D eigenvalue weighted by Gasteiger charge is -2.15. The topological polar surface area (TPSA) is 72.7 Å². The standard InChI is InChI=1S/C20H31N5O2/c1-16-7-8-18(19(12-16)27-11-10-26-4)14-23-20(21-2)22-9-5-6-17-13-24-25(3)15-17/h7-8,12-13,15H,5-6,9-11,14H2,1-4H3,(H2,21,22,23). The quantitative estimate of drug-likeness (QED) is 0.379. The van der Waals surface area contributed by atoms with Gasteiger partial charge in [-0.2, -0.15) is 5.10 Å². The van der Waals surface area contributed by atoms with Crippen molar-refractivity contribution in [3.63, 3.8) is 0 Å². The van der Waals surface area contributed by atoms with Crippen molar-refractivity contribution in [3.8, 4) is 5.75 Å². The largest absolute Gasteiger partial charge is 0.491 e. The first-order valence-electron chi connectivity index (χ1n) is 9.25. The van der Waals surface area contributed by atoms with Crippen molar-refractivity contribution in [1.82, 2.24) is 20.4 Å². The molecule has 0 radical (unpaired) electrons. The minimum absolute atomic E-state index is 0.536. The fraction of sp³-hybridized carbons (Fsp3) is 0.500. The van der Waals surface area contributed by atoms with Crippen molar-refractivity contribution >= 4 is 5.96 Å². The van der Waals surface area contributed by atoms with E-state index < -0.39 is 0 Å². The fourth-order valence-corrected chi connectivity index (χ4v) is 2.68. The highest BCUT2D eigenvalue weighted by molar-refractivity contribution is 5.79. The molecule has 0 fully saturated rings. The predicted molar refractivity (Wildman–Crippen MR) is 108 cm³/mol. The summed E-state index contributed by atoms with van der Waals surface area (Å²) in [6.45, 7) is 4.66. The van der Waals surface area contributed by atoms with E-state index in [2.05, 4.69) is 52.0 Å². The van der Waals surface area contributed by atoms with E-state index >= 15 is 0 Å². The van der Waals surface area contributed by atoms with Gasteiger partial charge < -0.3 is 20.1 Å². The number of nitrogens with one attached hydrogen (secondary N) is 2. The van der Waals surface area contributed by atoms with Crippen molar-refractivity contribution in [2.45, 2.75) is 26.3 Å². The predicted octanol–water partition coefficient (Wildman–Crippen LogP) is 2.05. The number of hydrogen-bond donors (Lipinski definition) is 2. The van der Waals surface area contributed by atoms with Gasteiger partial charge in [0.1, 0.15) is 12.4 Å². The molecule has 0 atom stereocenters. The van der Waals surface area contributed by atoms with Gasteiger partial charge in [0.05, 0.1) is 12.8 Å². The molecule has 0 aliphatic rings. The summed E-state index contributed by atoms with van der Waals surface area (Å²) in [5.41, 5.74) is 3.51. The third-order valence-corrected chi connectivity index (χ3v) is 4.13. The maximum Gasteiger partial charge on any atom is 0.191 e. The van der Waals surface area contributed by atoms with E-state index in [1.54, 1.807) is 14.2 Å². The van der Waals surface area contributed by atoms with E-state index in [0.717, 1.165) is 36.7 Å². The number of benzene rings is 1. The fourth-order valence-electron chi connectivity index (χ4n) is 2.68. The third-order valence-electron chi connectivity index (χ3n) is 4.13. The first-order chi connectivity index (χ1) is 13.1. The molecule has 0 saturated heterocycles. The van der Waals surface area contributed by atoms with Crippen molar-refractivity contribution in [2.75, 3.05) is 33.9 Å². The second-order valence-corrected chi connectivity index (χ2v) is 6.43. The number of guanidine groups is 1. The Balaban J connectivity index is 1.79. The Morgan fingerprint density at radius 2 is 2.11 bits per heavy atom. The molecular formula is C20H31N5O2. The van der Waals surface area contributed by atoms with E-state index in [-0.39, 0.29) is 0 Å². The lowest BCUT2D eigenvalue weighted by Crippen LogP contribution is -2.37. The summed E-state index contributed by atoms with van der Waals surface area (Å²) in [7, 11) is 5.39. The first-order valence-corrected chi connectivity index (χ1v) is 9.25. The zero-order valence-corrected chi connectivity index (χ0v) is 16.8. The normalized spacial score (nSPS) is 11.5. The summed E-state index contributed by atoms with van der Waals surface area (Å²) in [5, 5.41) is 10.9. The molecule has 0 bridgehead atoms. The molecule has 2 aromatic rings. The number of aromatic nitrogens is 2. The molecule has 0 aliphatic carbocycles. The molecular weight excluding hydrogens is 342 g/mol. The van der Waals surface area contributed by atoms with Gasteiger partial charge in [0.15, 0.2) is 5.96 Å². The van der Waals surface area contributed by atoms with E-state index in [4.69, 9.17) is 9.47 Å². The zero-order chi connectivity index (χ0) is 19.5. The highest BCUT2D eigenvalue weighted by Crippen LogP contribution is 2.20. The summed E-state index contributed by atoms with van der Waals surface area (Å²) in [6.07, 6.45) is 5.97. The number of aryl methyl sites for hydroxylation is 3. The summed E-state index contributed by atoms with van der Waals surface area (Å²) in [5.74, 6) is 1.66. The van der Waals surface area contributed by atoms with Gasteiger partial charge >= 0.3 is 0 Å². The summed E-state index contributed by atoms with van der Waals surface area (Å²) < 4.78 is 12.7. The monoisotopic (exact) mass is 373 g/mol. The minimum atomic E-state index is 0.536. The van der Waals surface area contributed by atoms with Crippen LogP contribution in [0.5, 0.6) is 5.75 Å². The number of ether oxygens (including phenoxy) is 2. The molecule has 1 aromatic heterocycles. The summed E-state index contributed by atoms with van der Waals surface area (Å²) in [6, 6.07) is 6.22. The summed E-state index contributed by atoms with van der Waals surface area (Å²) >= 11 is 0. The van der Waals surface area contributed by atoms with Crippen LogP contribution in [0.25, 0.3) is 0 Å². The van der Waals surface area contributed by atoms with Crippen LogP contribution in [-0.4, -0.2) is 49.7 Å². The van der Waals surface area contributed by atoms with Crippen LogP contribution in [0.3, 0.4) is 0 Å². The smallest absolute Gasteiger partial charge is 0.191 e. The van der Waals surface area contributed by atoms with Crippen molar-refractivity contribution in [2.24, 2.45) is 12.0 Å². The van der Waals surface area contributed by atoms with Crippen LogP contribution in [0.1, 0.15) is 23.1 Å².